The predicted molar refractivity (Wildman–Crippen MR) is 101 cm³/mol. The van der Waals surface area contributed by atoms with E-state index in [1.165, 1.54) is 15.4 Å². The van der Waals surface area contributed by atoms with Crippen molar-refractivity contribution in [2.24, 2.45) is 0 Å². The fraction of sp³-hybridized carbons (Fsp3) is 0.400. The van der Waals surface area contributed by atoms with Crippen molar-refractivity contribution in [3.05, 3.63) is 63.7 Å². The van der Waals surface area contributed by atoms with Gasteiger partial charge in [-0.15, -0.1) is 0 Å². The van der Waals surface area contributed by atoms with Gasteiger partial charge < -0.3 is 19.3 Å². The molecule has 2 N–H and O–H groups in total. The molecular weight excluding hydrogens is 346 g/mol. The smallest absolute Gasteiger partial charge is 0.269 e. The van der Waals surface area contributed by atoms with Gasteiger partial charge in [-0.05, 0) is 30.3 Å². The molecule has 1 heterocycles. The van der Waals surface area contributed by atoms with Crippen LogP contribution in [0.25, 0.3) is 0 Å². The second-order valence-electron chi connectivity index (χ2n) is 6.95. The molecule has 0 bridgehead atoms. The highest BCUT2D eigenvalue weighted by molar-refractivity contribution is 5.39. The molecule has 0 spiro atoms. The summed E-state index contributed by atoms with van der Waals surface area (Å²) in [5.41, 5.74) is 2.47. The minimum Gasteiger partial charge on any atom is -0.497 e. The first-order chi connectivity index (χ1) is 13.1. The molecular formula is C20H27N3O4+2. The summed E-state index contributed by atoms with van der Waals surface area (Å²) in [5, 5.41) is 10.8. The van der Waals surface area contributed by atoms with Crippen LogP contribution in [0.15, 0.2) is 42.5 Å². The highest BCUT2D eigenvalue weighted by Crippen LogP contribution is 2.23. The van der Waals surface area contributed by atoms with Crippen molar-refractivity contribution in [2.75, 3.05) is 40.4 Å². The molecule has 1 fully saturated rings. The van der Waals surface area contributed by atoms with Crippen molar-refractivity contribution in [1.82, 2.24) is 0 Å². The van der Waals surface area contributed by atoms with Crippen molar-refractivity contribution in [2.45, 2.75) is 13.1 Å². The standard InChI is InChI=1S/C20H25N3O4/c1-26-19-7-8-20(27-2)17(13-19)15-22-11-9-21(10-12-22)14-16-3-5-18(6-4-16)23(24)25/h3-8,13H,9-12,14-15H2,1-2H3/p+2. The Morgan fingerprint density at radius 1 is 0.926 bits per heavy atom. The van der Waals surface area contributed by atoms with Gasteiger partial charge in [0.05, 0.1) is 24.7 Å². The summed E-state index contributed by atoms with van der Waals surface area (Å²) in [7, 11) is 3.38. The number of piperazine rings is 1. The van der Waals surface area contributed by atoms with Crippen LogP contribution in [0.5, 0.6) is 11.5 Å². The van der Waals surface area contributed by atoms with Gasteiger partial charge in [0, 0.05) is 17.7 Å². The first kappa shape index (κ1) is 19.1. The first-order valence-electron chi connectivity index (χ1n) is 9.20. The number of nitrogens with one attached hydrogen (secondary N) is 2. The summed E-state index contributed by atoms with van der Waals surface area (Å²) in [6, 6.07) is 12.9. The minimum atomic E-state index is -0.356. The van der Waals surface area contributed by atoms with E-state index in [1.807, 2.05) is 24.3 Å². The Balaban J connectivity index is 1.54. The summed E-state index contributed by atoms with van der Waals surface area (Å²) in [4.78, 5) is 13.5. The van der Waals surface area contributed by atoms with Gasteiger partial charge in [-0.1, -0.05) is 0 Å². The van der Waals surface area contributed by atoms with Crippen LogP contribution >= 0.6 is 0 Å². The Labute approximate surface area is 159 Å². The fourth-order valence-electron chi connectivity index (χ4n) is 3.62. The van der Waals surface area contributed by atoms with E-state index in [2.05, 4.69) is 6.07 Å². The molecule has 0 radical (unpaired) electrons. The zero-order chi connectivity index (χ0) is 19.2. The third-order valence-corrected chi connectivity index (χ3v) is 5.19. The predicted octanol–water partition coefficient (Wildman–Crippen LogP) is 0.0956. The lowest BCUT2D eigenvalue weighted by atomic mass is 10.1. The molecule has 7 heteroatoms. The molecule has 0 unspecified atom stereocenters. The summed E-state index contributed by atoms with van der Waals surface area (Å²) in [6.45, 7) is 6.17. The van der Waals surface area contributed by atoms with Gasteiger partial charge in [-0.2, -0.15) is 0 Å². The zero-order valence-electron chi connectivity index (χ0n) is 15.9. The van der Waals surface area contributed by atoms with E-state index in [0.717, 1.165) is 56.3 Å². The normalized spacial score (nSPS) is 19.5. The Morgan fingerprint density at radius 2 is 1.56 bits per heavy atom. The van der Waals surface area contributed by atoms with E-state index < -0.39 is 0 Å². The van der Waals surface area contributed by atoms with E-state index in [-0.39, 0.29) is 10.6 Å². The van der Waals surface area contributed by atoms with Gasteiger partial charge in [0.2, 0.25) is 0 Å². The number of rotatable bonds is 7. The number of nitro groups is 1. The molecule has 27 heavy (non-hydrogen) atoms. The van der Waals surface area contributed by atoms with Gasteiger partial charge in [0.25, 0.3) is 5.69 Å². The van der Waals surface area contributed by atoms with Crippen molar-refractivity contribution in [1.29, 1.82) is 0 Å². The topological polar surface area (TPSA) is 70.5 Å². The van der Waals surface area contributed by atoms with Gasteiger partial charge >= 0.3 is 0 Å². The van der Waals surface area contributed by atoms with E-state index >= 15 is 0 Å². The third-order valence-electron chi connectivity index (χ3n) is 5.19. The van der Waals surface area contributed by atoms with Crippen molar-refractivity contribution in [3.63, 3.8) is 0 Å². The lowest BCUT2D eigenvalue weighted by molar-refractivity contribution is -1.02. The van der Waals surface area contributed by atoms with Gasteiger partial charge in [-0.25, -0.2) is 0 Å². The Hall–Kier alpha value is -2.64. The van der Waals surface area contributed by atoms with Crippen LogP contribution in [0, 0.1) is 10.1 Å². The van der Waals surface area contributed by atoms with Crippen molar-refractivity contribution < 1.29 is 24.2 Å². The fourth-order valence-corrected chi connectivity index (χ4v) is 3.62. The maximum atomic E-state index is 10.8. The quantitative estimate of drug-likeness (QED) is 0.533. The van der Waals surface area contributed by atoms with Crippen LogP contribution in [0.4, 0.5) is 5.69 Å². The van der Waals surface area contributed by atoms with Crippen molar-refractivity contribution >= 4 is 5.69 Å². The molecule has 1 aliphatic rings. The maximum absolute atomic E-state index is 10.8. The van der Waals surface area contributed by atoms with Crippen LogP contribution in [-0.2, 0) is 13.1 Å². The lowest BCUT2D eigenvalue weighted by Crippen LogP contribution is -3.27. The average Bonchev–Trinajstić information content (AvgIpc) is 2.70. The number of hydrogen-bond donors (Lipinski definition) is 2. The third kappa shape index (κ3) is 4.96. The van der Waals surface area contributed by atoms with E-state index in [1.54, 1.807) is 26.4 Å². The Kier molecular flexibility index (Phi) is 6.26. The van der Waals surface area contributed by atoms with E-state index in [4.69, 9.17) is 9.47 Å². The number of quaternary nitrogens is 2. The Bertz CT molecular complexity index is 771. The molecule has 3 rings (SSSR count). The second-order valence-corrected chi connectivity index (χ2v) is 6.95. The number of hydrogen-bond acceptors (Lipinski definition) is 4. The molecule has 2 aromatic rings. The summed E-state index contributed by atoms with van der Waals surface area (Å²) >= 11 is 0. The molecule has 0 aliphatic carbocycles. The maximum Gasteiger partial charge on any atom is 0.269 e. The van der Waals surface area contributed by atoms with Crippen LogP contribution in [0.3, 0.4) is 0 Å². The van der Waals surface area contributed by atoms with Crippen molar-refractivity contribution in [3.8, 4) is 11.5 Å². The van der Waals surface area contributed by atoms with Crippen LogP contribution in [0.2, 0.25) is 0 Å². The van der Waals surface area contributed by atoms with E-state index in [0.29, 0.717) is 0 Å². The number of methoxy groups -OCH3 is 2. The number of ether oxygens (including phenoxy) is 2. The SMILES string of the molecule is COc1ccc(OC)c(C[NH+]2CC[NH+](Cc3ccc([N+](=O)[O-])cc3)CC2)c1. The molecule has 0 aromatic heterocycles. The molecule has 1 saturated heterocycles. The average molecular weight is 373 g/mol. The lowest BCUT2D eigenvalue weighted by Gasteiger charge is -2.30. The summed E-state index contributed by atoms with van der Waals surface area (Å²) in [6.07, 6.45) is 0. The largest absolute Gasteiger partial charge is 0.497 e. The Morgan fingerprint density at radius 3 is 2.11 bits per heavy atom. The van der Waals surface area contributed by atoms with Gasteiger partial charge in [0.1, 0.15) is 50.8 Å². The van der Waals surface area contributed by atoms with Crippen LogP contribution < -0.4 is 19.3 Å². The number of benzene rings is 2. The number of non-ortho nitro benzene ring substituents is 1. The van der Waals surface area contributed by atoms with Crippen LogP contribution in [-0.4, -0.2) is 45.3 Å². The molecule has 2 aromatic carbocycles. The zero-order valence-corrected chi connectivity index (χ0v) is 15.9. The highest BCUT2D eigenvalue weighted by Gasteiger charge is 2.24. The van der Waals surface area contributed by atoms with Gasteiger partial charge in [-0.3, -0.25) is 10.1 Å². The summed E-state index contributed by atoms with van der Waals surface area (Å²) in [5.74, 6) is 1.76. The molecule has 0 amide bonds. The molecule has 0 saturated carbocycles. The molecule has 1 aliphatic heterocycles. The summed E-state index contributed by atoms with van der Waals surface area (Å²) < 4.78 is 10.8. The molecule has 144 valence electrons. The highest BCUT2D eigenvalue weighted by atomic mass is 16.6. The second kappa shape index (κ2) is 8.83. The van der Waals surface area contributed by atoms with Gasteiger partial charge in [0.15, 0.2) is 0 Å². The van der Waals surface area contributed by atoms with Crippen LogP contribution in [0.1, 0.15) is 11.1 Å². The number of nitrogens with zero attached hydrogens (tertiary/aromatic N) is 1. The molecule has 7 nitrogen and oxygen atoms in total. The monoisotopic (exact) mass is 373 g/mol. The van der Waals surface area contributed by atoms with E-state index in [9.17, 15) is 10.1 Å². The first-order valence-corrected chi connectivity index (χ1v) is 9.20. The number of nitro benzene ring substituents is 1. The molecule has 0 atom stereocenters. The minimum absolute atomic E-state index is 0.148.